The van der Waals surface area contributed by atoms with E-state index < -0.39 is 5.82 Å². The topological polar surface area (TPSA) is 65.4 Å². The highest BCUT2D eigenvalue weighted by Crippen LogP contribution is 2.12. The Labute approximate surface area is 135 Å². The predicted molar refractivity (Wildman–Crippen MR) is 87.3 cm³/mol. The minimum atomic E-state index is -0.408. The summed E-state index contributed by atoms with van der Waals surface area (Å²) in [7, 11) is 0. The third-order valence-electron chi connectivity index (χ3n) is 3.27. The van der Waals surface area contributed by atoms with Gasteiger partial charge in [-0.1, -0.05) is 6.07 Å². The Balaban J connectivity index is 0.00000200. The summed E-state index contributed by atoms with van der Waals surface area (Å²) >= 11 is 0. The van der Waals surface area contributed by atoms with E-state index in [9.17, 15) is 4.39 Å². The standard InChI is InChI=1S/C14H17FN4.HI/c15-13-8-11(9-16)4-5-12(13)10-18-14(17)19-6-2-1-3-7-19;/h4-5,8H,1-3,6-7,10H2,(H2,17,18);1H. The molecule has 108 valence electrons. The van der Waals surface area contributed by atoms with Gasteiger partial charge in [-0.25, -0.2) is 9.38 Å². The summed E-state index contributed by atoms with van der Waals surface area (Å²) in [6.07, 6.45) is 3.48. The number of guanidine groups is 1. The molecule has 0 bridgehead atoms. The lowest BCUT2D eigenvalue weighted by atomic mass is 10.1. The first-order chi connectivity index (χ1) is 9.20. The maximum atomic E-state index is 13.7. The van der Waals surface area contributed by atoms with Gasteiger partial charge in [-0.05, 0) is 31.4 Å². The highest BCUT2D eigenvalue weighted by molar-refractivity contribution is 14.0. The lowest BCUT2D eigenvalue weighted by Crippen LogP contribution is -2.40. The number of nitriles is 1. The molecule has 0 atom stereocenters. The van der Waals surface area contributed by atoms with E-state index in [1.807, 2.05) is 11.0 Å². The first-order valence-electron chi connectivity index (χ1n) is 6.44. The summed E-state index contributed by atoms with van der Waals surface area (Å²) in [4.78, 5) is 6.26. The highest BCUT2D eigenvalue weighted by Gasteiger charge is 2.12. The number of hydrogen-bond donors (Lipinski definition) is 1. The fourth-order valence-corrected chi connectivity index (χ4v) is 2.13. The van der Waals surface area contributed by atoms with Crippen LogP contribution in [-0.4, -0.2) is 23.9 Å². The monoisotopic (exact) mass is 388 g/mol. The van der Waals surface area contributed by atoms with Crippen LogP contribution in [0.2, 0.25) is 0 Å². The van der Waals surface area contributed by atoms with Gasteiger partial charge in [0.15, 0.2) is 5.96 Å². The molecule has 1 heterocycles. The number of rotatable bonds is 2. The van der Waals surface area contributed by atoms with Crippen molar-refractivity contribution in [2.45, 2.75) is 25.8 Å². The first kappa shape index (κ1) is 16.7. The Hall–Kier alpha value is -1.36. The van der Waals surface area contributed by atoms with Gasteiger partial charge >= 0.3 is 0 Å². The Morgan fingerprint density at radius 1 is 1.35 bits per heavy atom. The number of hydrogen-bond acceptors (Lipinski definition) is 2. The zero-order valence-electron chi connectivity index (χ0n) is 11.2. The van der Waals surface area contributed by atoms with Crippen molar-refractivity contribution >= 4 is 29.9 Å². The van der Waals surface area contributed by atoms with E-state index in [-0.39, 0.29) is 30.5 Å². The lowest BCUT2D eigenvalue weighted by molar-refractivity contribution is 0.338. The molecule has 0 saturated carbocycles. The smallest absolute Gasteiger partial charge is 0.191 e. The number of benzene rings is 1. The van der Waals surface area contributed by atoms with E-state index in [1.165, 1.54) is 12.5 Å². The van der Waals surface area contributed by atoms with E-state index in [1.54, 1.807) is 12.1 Å². The van der Waals surface area contributed by atoms with Crippen molar-refractivity contribution in [2.75, 3.05) is 13.1 Å². The number of nitrogens with zero attached hydrogens (tertiary/aromatic N) is 3. The van der Waals surface area contributed by atoms with Gasteiger partial charge in [0.2, 0.25) is 0 Å². The zero-order chi connectivity index (χ0) is 13.7. The Kier molecular flexibility index (Phi) is 6.71. The van der Waals surface area contributed by atoms with Crippen LogP contribution in [-0.2, 0) is 6.54 Å². The zero-order valence-corrected chi connectivity index (χ0v) is 13.5. The first-order valence-corrected chi connectivity index (χ1v) is 6.44. The molecule has 2 rings (SSSR count). The molecule has 0 amide bonds. The molecule has 1 fully saturated rings. The average Bonchev–Trinajstić information content (AvgIpc) is 2.46. The van der Waals surface area contributed by atoms with E-state index in [4.69, 9.17) is 11.0 Å². The van der Waals surface area contributed by atoms with Crippen LogP contribution in [0.5, 0.6) is 0 Å². The summed E-state index contributed by atoms with van der Waals surface area (Å²) in [5, 5.41) is 8.67. The number of halogens is 2. The van der Waals surface area contributed by atoms with Crippen LogP contribution in [0.25, 0.3) is 0 Å². The van der Waals surface area contributed by atoms with Gasteiger partial charge in [-0.3, -0.25) is 0 Å². The molecule has 1 aliphatic rings. The highest BCUT2D eigenvalue weighted by atomic mass is 127. The third kappa shape index (κ3) is 4.34. The van der Waals surface area contributed by atoms with Crippen LogP contribution in [0.4, 0.5) is 4.39 Å². The summed E-state index contributed by atoms with van der Waals surface area (Å²) < 4.78 is 13.7. The molecule has 0 spiro atoms. The molecular weight excluding hydrogens is 370 g/mol. The van der Waals surface area contributed by atoms with Crippen molar-refractivity contribution < 1.29 is 4.39 Å². The predicted octanol–water partition coefficient (Wildman–Crippen LogP) is 2.62. The SMILES string of the molecule is I.N#Cc1ccc(CN=C(N)N2CCCCC2)c(F)c1. The van der Waals surface area contributed by atoms with E-state index in [0.29, 0.717) is 17.1 Å². The Morgan fingerprint density at radius 3 is 2.65 bits per heavy atom. The molecule has 6 heteroatoms. The van der Waals surface area contributed by atoms with Gasteiger partial charge in [0.25, 0.3) is 0 Å². The summed E-state index contributed by atoms with van der Waals surface area (Å²) in [6, 6.07) is 6.30. The van der Waals surface area contributed by atoms with E-state index in [0.717, 1.165) is 25.9 Å². The molecule has 20 heavy (non-hydrogen) atoms. The largest absolute Gasteiger partial charge is 0.370 e. The molecular formula is C14H18FIN4. The van der Waals surface area contributed by atoms with Crippen molar-refractivity contribution in [3.63, 3.8) is 0 Å². The Bertz CT molecular complexity index is 518. The molecule has 0 aromatic heterocycles. The van der Waals surface area contributed by atoms with Crippen molar-refractivity contribution in [3.05, 3.63) is 35.1 Å². The van der Waals surface area contributed by atoms with E-state index in [2.05, 4.69) is 4.99 Å². The molecule has 2 N–H and O–H groups in total. The fourth-order valence-electron chi connectivity index (χ4n) is 2.13. The van der Waals surface area contributed by atoms with Gasteiger partial charge in [0.05, 0.1) is 18.2 Å². The third-order valence-corrected chi connectivity index (χ3v) is 3.27. The molecule has 0 radical (unpaired) electrons. The van der Waals surface area contributed by atoms with Gasteiger partial charge in [-0.2, -0.15) is 5.26 Å². The van der Waals surface area contributed by atoms with Crippen molar-refractivity contribution in [1.82, 2.24) is 4.90 Å². The molecule has 1 aromatic rings. The summed E-state index contributed by atoms with van der Waals surface area (Å²) in [5.74, 6) is 0.0673. The number of piperidine rings is 1. The van der Waals surface area contributed by atoms with E-state index >= 15 is 0 Å². The minimum absolute atomic E-state index is 0. The van der Waals surface area contributed by atoms with Crippen molar-refractivity contribution in [1.29, 1.82) is 5.26 Å². The maximum Gasteiger partial charge on any atom is 0.191 e. The molecule has 0 aliphatic carbocycles. The fraction of sp³-hybridized carbons (Fsp3) is 0.429. The van der Waals surface area contributed by atoms with Crippen LogP contribution in [0.1, 0.15) is 30.4 Å². The molecule has 4 nitrogen and oxygen atoms in total. The van der Waals surface area contributed by atoms with Gasteiger partial charge in [-0.15, -0.1) is 24.0 Å². The second-order valence-electron chi connectivity index (χ2n) is 4.64. The number of likely N-dealkylation sites (tertiary alicyclic amines) is 1. The summed E-state index contributed by atoms with van der Waals surface area (Å²) in [5.41, 5.74) is 6.68. The number of nitrogens with two attached hydrogens (primary N) is 1. The average molecular weight is 388 g/mol. The van der Waals surface area contributed by atoms with Crippen molar-refractivity contribution in [3.8, 4) is 6.07 Å². The molecule has 1 saturated heterocycles. The molecule has 0 unspecified atom stereocenters. The van der Waals surface area contributed by atoms with Crippen LogP contribution in [0.3, 0.4) is 0 Å². The minimum Gasteiger partial charge on any atom is -0.370 e. The quantitative estimate of drug-likeness (QED) is 0.481. The maximum absolute atomic E-state index is 13.7. The van der Waals surface area contributed by atoms with Gasteiger partial charge in [0, 0.05) is 18.7 Å². The van der Waals surface area contributed by atoms with Crippen LogP contribution < -0.4 is 5.73 Å². The van der Waals surface area contributed by atoms with Crippen LogP contribution >= 0.6 is 24.0 Å². The summed E-state index contributed by atoms with van der Waals surface area (Å²) in [6.45, 7) is 2.05. The van der Waals surface area contributed by atoms with Crippen molar-refractivity contribution in [2.24, 2.45) is 10.7 Å². The Morgan fingerprint density at radius 2 is 2.05 bits per heavy atom. The van der Waals surface area contributed by atoms with Gasteiger partial charge < -0.3 is 10.6 Å². The normalized spacial score (nSPS) is 15.4. The lowest BCUT2D eigenvalue weighted by Gasteiger charge is -2.27. The van der Waals surface area contributed by atoms with Crippen LogP contribution in [0.15, 0.2) is 23.2 Å². The molecule has 1 aliphatic heterocycles. The number of aliphatic imine (C=N–C) groups is 1. The van der Waals surface area contributed by atoms with Crippen LogP contribution in [0, 0.1) is 17.1 Å². The molecule has 1 aromatic carbocycles. The second-order valence-corrected chi connectivity index (χ2v) is 4.64. The second kappa shape index (κ2) is 8.04. The van der Waals surface area contributed by atoms with Gasteiger partial charge in [0.1, 0.15) is 5.82 Å².